The van der Waals surface area contributed by atoms with Crippen LogP contribution in [0.5, 0.6) is 0 Å². The smallest absolute Gasteiger partial charge is 0.252 e. The number of amides is 1. The van der Waals surface area contributed by atoms with Gasteiger partial charge in [-0.25, -0.2) is 4.68 Å². The van der Waals surface area contributed by atoms with Crippen LogP contribution in [0, 0.1) is 20.8 Å². The van der Waals surface area contributed by atoms with Gasteiger partial charge in [-0.2, -0.15) is 4.98 Å². The number of nitrogens with one attached hydrogen (secondary N) is 2. The molecule has 1 atom stereocenters. The molecular formula is C27H28N6O. The number of hydrogen-bond donors (Lipinski definition) is 2. The second-order valence-electron chi connectivity index (χ2n) is 8.90. The largest absolute Gasteiger partial charge is 0.345 e. The summed E-state index contributed by atoms with van der Waals surface area (Å²) < 4.78 is 1.86. The van der Waals surface area contributed by atoms with Crippen molar-refractivity contribution in [3.05, 3.63) is 76.5 Å². The molecule has 7 heteroatoms. The first kappa shape index (κ1) is 21.8. The standard InChI is InChI=1S/C27H28N6O/c1-6-33-27(30-19-8-9-20-23(13-19)18(5)29-26(20)34)31-25(32-33)22-12-16(3)21(11-17(22)4)24-10-7-15(2)14-28-24/h7-14,18H,6H2,1-5H3,(H,29,34)(H,30,31,32). The van der Waals surface area contributed by atoms with Crippen LogP contribution in [-0.2, 0) is 6.54 Å². The van der Waals surface area contributed by atoms with Crippen LogP contribution < -0.4 is 10.6 Å². The van der Waals surface area contributed by atoms with Gasteiger partial charge in [0.15, 0.2) is 5.82 Å². The van der Waals surface area contributed by atoms with E-state index in [1.165, 1.54) is 0 Å². The molecule has 2 N–H and O–H groups in total. The normalized spacial score (nSPS) is 14.7. The van der Waals surface area contributed by atoms with Crippen LogP contribution >= 0.6 is 0 Å². The number of aryl methyl sites for hydroxylation is 4. The van der Waals surface area contributed by atoms with Crippen molar-refractivity contribution in [1.29, 1.82) is 0 Å². The first-order valence-corrected chi connectivity index (χ1v) is 11.6. The highest BCUT2D eigenvalue weighted by atomic mass is 16.2. The molecule has 0 radical (unpaired) electrons. The van der Waals surface area contributed by atoms with Gasteiger partial charge < -0.3 is 10.6 Å². The Labute approximate surface area is 199 Å². The molecular weight excluding hydrogens is 424 g/mol. The summed E-state index contributed by atoms with van der Waals surface area (Å²) in [6, 6.07) is 14.2. The molecule has 1 unspecified atom stereocenters. The molecule has 0 aliphatic carbocycles. The Morgan fingerprint density at radius 2 is 1.76 bits per heavy atom. The van der Waals surface area contributed by atoms with Crippen molar-refractivity contribution in [2.24, 2.45) is 0 Å². The summed E-state index contributed by atoms with van der Waals surface area (Å²) in [5.74, 6) is 1.33. The first-order chi connectivity index (χ1) is 16.3. The molecule has 0 fully saturated rings. The molecule has 0 bridgehead atoms. The van der Waals surface area contributed by atoms with Crippen LogP contribution in [0.1, 0.15) is 52.5 Å². The van der Waals surface area contributed by atoms with Crippen molar-refractivity contribution in [3.8, 4) is 22.6 Å². The number of hydrogen-bond acceptors (Lipinski definition) is 5. The number of benzene rings is 2. The molecule has 7 nitrogen and oxygen atoms in total. The van der Waals surface area contributed by atoms with Gasteiger partial charge in [-0.1, -0.05) is 6.07 Å². The minimum atomic E-state index is -0.0248. The van der Waals surface area contributed by atoms with Crippen molar-refractivity contribution in [3.63, 3.8) is 0 Å². The van der Waals surface area contributed by atoms with Crippen LogP contribution in [0.2, 0.25) is 0 Å². The number of pyridine rings is 1. The minimum Gasteiger partial charge on any atom is -0.345 e. The van der Waals surface area contributed by atoms with Crippen LogP contribution in [0.25, 0.3) is 22.6 Å². The fourth-order valence-corrected chi connectivity index (χ4v) is 4.42. The van der Waals surface area contributed by atoms with Crippen LogP contribution in [0.4, 0.5) is 11.6 Å². The summed E-state index contributed by atoms with van der Waals surface area (Å²) in [6.45, 7) is 10.9. The summed E-state index contributed by atoms with van der Waals surface area (Å²) in [5, 5.41) is 11.1. The maximum Gasteiger partial charge on any atom is 0.252 e. The predicted molar refractivity (Wildman–Crippen MR) is 134 cm³/mol. The zero-order valence-electron chi connectivity index (χ0n) is 20.1. The fourth-order valence-electron chi connectivity index (χ4n) is 4.42. The lowest BCUT2D eigenvalue weighted by atomic mass is 9.97. The maximum absolute atomic E-state index is 12.0. The zero-order valence-corrected chi connectivity index (χ0v) is 20.1. The van der Waals surface area contributed by atoms with Gasteiger partial charge in [0.2, 0.25) is 5.95 Å². The van der Waals surface area contributed by atoms with Gasteiger partial charge in [0.1, 0.15) is 0 Å². The van der Waals surface area contributed by atoms with Gasteiger partial charge in [0.05, 0.1) is 11.7 Å². The number of aromatic nitrogens is 4. The summed E-state index contributed by atoms with van der Waals surface area (Å²) in [4.78, 5) is 21.5. The lowest BCUT2D eigenvalue weighted by Crippen LogP contribution is -2.16. The molecule has 172 valence electrons. The van der Waals surface area contributed by atoms with Crippen molar-refractivity contribution >= 4 is 17.5 Å². The summed E-state index contributed by atoms with van der Waals surface area (Å²) >= 11 is 0. The van der Waals surface area contributed by atoms with Gasteiger partial charge >= 0.3 is 0 Å². The van der Waals surface area contributed by atoms with E-state index in [0.29, 0.717) is 18.3 Å². The highest BCUT2D eigenvalue weighted by Gasteiger charge is 2.25. The molecule has 3 heterocycles. The molecule has 34 heavy (non-hydrogen) atoms. The number of rotatable bonds is 5. The van der Waals surface area contributed by atoms with Gasteiger partial charge in [-0.05, 0) is 93.3 Å². The lowest BCUT2D eigenvalue weighted by molar-refractivity contribution is 0.0958. The van der Waals surface area contributed by atoms with E-state index in [1.807, 2.05) is 49.8 Å². The third-order valence-electron chi connectivity index (χ3n) is 6.34. The topological polar surface area (TPSA) is 84.7 Å². The molecule has 1 aliphatic heterocycles. The number of carbonyl (C=O) groups is 1. The number of fused-ring (bicyclic) bond motifs is 1. The first-order valence-electron chi connectivity index (χ1n) is 11.6. The Kier molecular flexibility index (Phi) is 5.40. The predicted octanol–water partition coefficient (Wildman–Crippen LogP) is 5.50. The average Bonchev–Trinajstić information content (AvgIpc) is 3.35. The Hall–Kier alpha value is -4.00. The van der Waals surface area contributed by atoms with Gasteiger partial charge in [0.25, 0.3) is 5.91 Å². The number of nitrogens with zero attached hydrogens (tertiary/aromatic N) is 4. The molecule has 0 spiro atoms. The molecule has 5 rings (SSSR count). The van der Waals surface area contributed by atoms with E-state index in [0.717, 1.165) is 50.3 Å². The number of carbonyl (C=O) groups excluding carboxylic acids is 1. The second-order valence-corrected chi connectivity index (χ2v) is 8.90. The summed E-state index contributed by atoms with van der Waals surface area (Å²) in [7, 11) is 0. The fraction of sp³-hybridized carbons (Fsp3) is 0.259. The second kappa shape index (κ2) is 8.41. The lowest BCUT2D eigenvalue weighted by Gasteiger charge is -2.10. The molecule has 2 aromatic carbocycles. The molecule has 2 aromatic heterocycles. The Morgan fingerprint density at radius 1 is 1.00 bits per heavy atom. The Bertz CT molecular complexity index is 1400. The third-order valence-corrected chi connectivity index (χ3v) is 6.34. The van der Waals surface area contributed by atoms with Crippen molar-refractivity contribution in [2.45, 2.75) is 47.2 Å². The zero-order chi connectivity index (χ0) is 24.0. The SMILES string of the molecule is CCn1nc(-c2cc(C)c(-c3ccc(C)cn3)cc2C)nc1Nc1ccc2c(c1)C(C)NC2=O. The van der Waals surface area contributed by atoms with E-state index in [1.54, 1.807) is 0 Å². The minimum absolute atomic E-state index is 0.00369. The van der Waals surface area contributed by atoms with Gasteiger partial charge in [-0.15, -0.1) is 5.10 Å². The van der Waals surface area contributed by atoms with E-state index in [4.69, 9.17) is 10.1 Å². The highest BCUT2D eigenvalue weighted by molar-refractivity contribution is 5.99. The number of anilines is 2. The van der Waals surface area contributed by atoms with Crippen LogP contribution in [0.15, 0.2) is 48.7 Å². The van der Waals surface area contributed by atoms with Gasteiger partial charge in [0, 0.05) is 35.1 Å². The average molecular weight is 453 g/mol. The van der Waals surface area contributed by atoms with Crippen molar-refractivity contribution in [1.82, 2.24) is 25.1 Å². The molecule has 1 amide bonds. The molecule has 0 saturated heterocycles. The van der Waals surface area contributed by atoms with E-state index in [2.05, 4.69) is 53.7 Å². The summed E-state index contributed by atoms with van der Waals surface area (Å²) in [5.41, 5.74) is 9.04. The van der Waals surface area contributed by atoms with Crippen LogP contribution in [0.3, 0.4) is 0 Å². The third kappa shape index (κ3) is 3.83. The van der Waals surface area contributed by atoms with E-state index < -0.39 is 0 Å². The Balaban J connectivity index is 1.48. The highest BCUT2D eigenvalue weighted by Crippen LogP contribution is 2.32. The quantitative estimate of drug-likeness (QED) is 0.418. The Morgan fingerprint density at radius 3 is 2.50 bits per heavy atom. The molecule has 1 aliphatic rings. The van der Waals surface area contributed by atoms with Crippen molar-refractivity contribution in [2.75, 3.05) is 5.32 Å². The van der Waals surface area contributed by atoms with E-state index in [-0.39, 0.29) is 11.9 Å². The summed E-state index contributed by atoms with van der Waals surface area (Å²) in [6.07, 6.45) is 1.89. The van der Waals surface area contributed by atoms with E-state index in [9.17, 15) is 4.79 Å². The molecule has 4 aromatic rings. The monoisotopic (exact) mass is 452 g/mol. The maximum atomic E-state index is 12.0. The van der Waals surface area contributed by atoms with E-state index >= 15 is 0 Å². The van der Waals surface area contributed by atoms with Crippen molar-refractivity contribution < 1.29 is 4.79 Å². The molecule has 0 saturated carbocycles. The van der Waals surface area contributed by atoms with Gasteiger partial charge in [-0.3, -0.25) is 9.78 Å². The van der Waals surface area contributed by atoms with Crippen LogP contribution in [-0.4, -0.2) is 25.7 Å².